The lowest BCUT2D eigenvalue weighted by atomic mass is 10.2. The maximum Gasteiger partial charge on any atom is 0.129 e. The number of halogens is 1. The van der Waals surface area contributed by atoms with Gasteiger partial charge >= 0.3 is 0 Å². The van der Waals surface area contributed by atoms with Crippen LogP contribution in [0.5, 0.6) is 5.75 Å². The van der Waals surface area contributed by atoms with Crippen LogP contribution in [0, 0.1) is 0 Å². The van der Waals surface area contributed by atoms with Gasteiger partial charge in [0.25, 0.3) is 0 Å². The summed E-state index contributed by atoms with van der Waals surface area (Å²) in [6.45, 7) is 2.16. The first-order valence-corrected chi connectivity index (χ1v) is 4.94. The van der Waals surface area contributed by atoms with Crippen molar-refractivity contribution in [2.45, 2.75) is 19.8 Å². The van der Waals surface area contributed by atoms with Crippen molar-refractivity contribution in [1.82, 2.24) is 0 Å². The van der Waals surface area contributed by atoms with E-state index in [0.29, 0.717) is 18.1 Å². The van der Waals surface area contributed by atoms with E-state index < -0.39 is 0 Å². The number of hydrogen-bond acceptors (Lipinski definition) is 2. The summed E-state index contributed by atoms with van der Waals surface area (Å²) >= 11 is 5.71. The smallest absolute Gasteiger partial charge is 0.129 e. The van der Waals surface area contributed by atoms with Crippen molar-refractivity contribution in [3.63, 3.8) is 0 Å². The summed E-state index contributed by atoms with van der Waals surface area (Å²) in [7, 11) is 0. The van der Waals surface area contributed by atoms with Gasteiger partial charge in [-0.15, -0.1) is 0 Å². The predicted molar refractivity (Wildman–Crippen MR) is 56.9 cm³/mol. The molecule has 0 saturated carbocycles. The summed E-state index contributed by atoms with van der Waals surface area (Å²) in [4.78, 5) is 10.6. The lowest BCUT2D eigenvalue weighted by Crippen LogP contribution is -2.00. The van der Waals surface area contributed by atoms with Gasteiger partial charge in [-0.3, -0.25) is 0 Å². The second-order valence-electron chi connectivity index (χ2n) is 3.11. The van der Waals surface area contributed by atoms with Crippen LogP contribution >= 0.6 is 11.6 Å². The molecule has 0 aliphatic heterocycles. The van der Waals surface area contributed by atoms with Crippen molar-refractivity contribution in [2.75, 3.05) is 6.61 Å². The number of ketones is 1. The minimum absolute atomic E-state index is 0.199. The number of ether oxygens (including phenoxy) is 1. The molecule has 1 aromatic rings. The molecule has 3 heteroatoms. The van der Waals surface area contributed by atoms with Crippen LogP contribution in [-0.4, -0.2) is 12.4 Å². The highest BCUT2D eigenvalue weighted by molar-refractivity contribution is 6.30. The first kappa shape index (κ1) is 11.1. The van der Waals surface area contributed by atoms with Crippen molar-refractivity contribution in [2.24, 2.45) is 0 Å². The van der Waals surface area contributed by atoms with Gasteiger partial charge in [0.15, 0.2) is 0 Å². The molecule has 0 spiro atoms. The first-order valence-electron chi connectivity index (χ1n) is 4.56. The Balaban J connectivity index is 2.25. The van der Waals surface area contributed by atoms with Crippen LogP contribution in [0.15, 0.2) is 24.3 Å². The molecular formula is C11H13ClO2. The first-order chi connectivity index (χ1) is 6.68. The molecule has 14 heavy (non-hydrogen) atoms. The molecule has 0 heterocycles. The Labute approximate surface area is 88.8 Å². The molecule has 1 rings (SSSR count). The molecule has 0 aromatic heterocycles. The Morgan fingerprint density at radius 2 is 2.00 bits per heavy atom. The average Bonchev–Trinajstić information content (AvgIpc) is 2.15. The summed E-state index contributed by atoms with van der Waals surface area (Å²) in [6, 6.07) is 7.19. The Hall–Kier alpha value is -1.02. The lowest BCUT2D eigenvalue weighted by molar-refractivity contribution is -0.117. The Kier molecular flexibility index (Phi) is 4.47. The van der Waals surface area contributed by atoms with Crippen LogP contribution in [0.2, 0.25) is 5.02 Å². The van der Waals surface area contributed by atoms with Crippen LogP contribution in [0.4, 0.5) is 0 Å². The van der Waals surface area contributed by atoms with Crippen LogP contribution in [0.25, 0.3) is 0 Å². The molecule has 0 N–H and O–H groups in total. The van der Waals surface area contributed by atoms with E-state index in [1.807, 2.05) is 12.1 Å². The number of Topliss-reactive ketones (excluding diaryl/α,β-unsaturated/α-hetero) is 1. The molecular weight excluding hydrogens is 200 g/mol. The maximum atomic E-state index is 10.6. The van der Waals surface area contributed by atoms with E-state index in [-0.39, 0.29) is 5.78 Å². The Morgan fingerprint density at radius 3 is 2.57 bits per heavy atom. The molecule has 0 bridgehead atoms. The molecule has 0 amide bonds. The normalized spacial score (nSPS) is 9.86. The van der Waals surface area contributed by atoms with Gasteiger partial charge in [0.1, 0.15) is 11.5 Å². The third-order valence-corrected chi connectivity index (χ3v) is 2.01. The highest BCUT2D eigenvalue weighted by Crippen LogP contribution is 2.15. The quantitative estimate of drug-likeness (QED) is 0.702. The third-order valence-electron chi connectivity index (χ3n) is 1.76. The van der Waals surface area contributed by atoms with Crippen LogP contribution in [0.1, 0.15) is 19.8 Å². The predicted octanol–water partition coefficient (Wildman–Crippen LogP) is 3.09. The van der Waals surface area contributed by atoms with Gasteiger partial charge in [-0.1, -0.05) is 11.6 Å². The second kappa shape index (κ2) is 5.66. The molecule has 1 aromatic carbocycles. The van der Waals surface area contributed by atoms with Crippen LogP contribution in [-0.2, 0) is 4.79 Å². The highest BCUT2D eigenvalue weighted by atomic mass is 35.5. The number of carbonyl (C=O) groups excluding carboxylic acids is 1. The van der Waals surface area contributed by atoms with Crippen molar-refractivity contribution in [3.05, 3.63) is 29.3 Å². The fourth-order valence-electron chi connectivity index (χ4n) is 1.04. The minimum Gasteiger partial charge on any atom is -0.494 e. The summed E-state index contributed by atoms with van der Waals surface area (Å²) in [5.41, 5.74) is 0. The highest BCUT2D eigenvalue weighted by Gasteiger charge is 1.95. The SMILES string of the molecule is CC(=O)CCCOc1ccc(Cl)cc1. The van der Waals surface area contributed by atoms with E-state index in [9.17, 15) is 4.79 Å². The number of benzene rings is 1. The largest absolute Gasteiger partial charge is 0.494 e. The second-order valence-corrected chi connectivity index (χ2v) is 3.54. The topological polar surface area (TPSA) is 26.3 Å². The molecule has 0 radical (unpaired) electrons. The lowest BCUT2D eigenvalue weighted by Gasteiger charge is -2.04. The Bertz CT molecular complexity index is 293. The van der Waals surface area contributed by atoms with Crippen molar-refractivity contribution < 1.29 is 9.53 Å². The van der Waals surface area contributed by atoms with E-state index in [1.165, 1.54) is 0 Å². The van der Waals surface area contributed by atoms with E-state index in [1.54, 1.807) is 19.1 Å². The summed E-state index contributed by atoms with van der Waals surface area (Å²) in [6.07, 6.45) is 1.34. The van der Waals surface area contributed by atoms with E-state index >= 15 is 0 Å². The molecule has 0 unspecified atom stereocenters. The van der Waals surface area contributed by atoms with Crippen molar-refractivity contribution in [1.29, 1.82) is 0 Å². The number of carbonyl (C=O) groups is 1. The fraction of sp³-hybridized carbons (Fsp3) is 0.364. The van der Waals surface area contributed by atoms with Crippen molar-refractivity contribution >= 4 is 17.4 Å². The van der Waals surface area contributed by atoms with Gasteiger partial charge in [-0.25, -0.2) is 0 Å². The average molecular weight is 213 g/mol. The molecule has 0 fully saturated rings. The zero-order valence-electron chi connectivity index (χ0n) is 8.13. The van der Waals surface area contributed by atoms with E-state index in [0.717, 1.165) is 12.2 Å². The van der Waals surface area contributed by atoms with Gasteiger partial charge < -0.3 is 9.53 Å². The number of rotatable bonds is 5. The fourth-order valence-corrected chi connectivity index (χ4v) is 1.17. The van der Waals surface area contributed by atoms with Gasteiger partial charge in [-0.2, -0.15) is 0 Å². The molecule has 76 valence electrons. The van der Waals surface area contributed by atoms with Crippen LogP contribution in [0.3, 0.4) is 0 Å². The zero-order valence-corrected chi connectivity index (χ0v) is 8.88. The minimum atomic E-state index is 0.199. The Morgan fingerprint density at radius 1 is 1.36 bits per heavy atom. The van der Waals surface area contributed by atoms with Gasteiger partial charge in [0.2, 0.25) is 0 Å². The monoisotopic (exact) mass is 212 g/mol. The summed E-state index contributed by atoms with van der Waals surface area (Å²) in [5.74, 6) is 0.989. The van der Waals surface area contributed by atoms with Gasteiger partial charge in [0, 0.05) is 11.4 Å². The maximum absolute atomic E-state index is 10.6. The molecule has 0 saturated heterocycles. The molecule has 0 aliphatic carbocycles. The van der Waals surface area contributed by atoms with Gasteiger partial charge in [0.05, 0.1) is 6.61 Å². The summed E-state index contributed by atoms with van der Waals surface area (Å²) < 4.78 is 5.40. The van der Waals surface area contributed by atoms with E-state index in [2.05, 4.69) is 0 Å². The summed E-state index contributed by atoms with van der Waals surface area (Å²) in [5, 5.41) is 0.695. The third kappa shape index (κ3) is 4.28. The molecule has 0 atom stereocenters. The molecule has 2 nitrogen and oxygen atoms in total. The zero-order chi connectivity index (χ0) is 10.4. The van der Waals surface area contributed by atoms with E-state index in [4.69, 9.17) is 16.3 Å². The van der Waals surface area contributed by atoms with Crippen molar-refractivity contribution in [3.8, 4) is 5.75 Å². The van der Waals surface area contributed by atoms with Crippen LogP contribution < -0.4 is 4.74 Å². The number of hydrogen-bond donors (Lipinski definition) is 0. The van der Waals surface area contributed by atoms with Gasteiger partial charge in [-0.05, 0) is 37.6 Å². The molecule has 0 aliphatic rings. The standard InChI is InChI=1S/C11H13ClO2/c1-9(13)3-2-8-14-11-6-4-10(12)5-7-11/h4-7H,2-3,8H2,1H3.